The molecule has 0 saturated heterocycles. The van der Waals surface area contributed by atoms with Gasteiger partial charge in [-0.3, -0.25) is 4.40 Å². The molecule has 3 nitrogen and oxygen atoms in total. The van der Waals surface area contributed by atoms with Gasteiger partial charge < -0.3 is 5.32 Å². The van der Waals surface area contributed by atoms with Crippen molar-refractivity contribution in [2.24, 2.45) is 0 Å². The minimum Gasteiger partial charge on any atom is -0.309 e. The zero-order valence-corrected chi connectivity index (χ0v) is 14.2. The van der Waals surface area contributed by atoms with Gasteiger partial charge in [0.15, 0.2) is 4.96 Å². The van der Waals surface area contributed by atoms with Crippen LogP contribution >= 0.6 is 11.3 Å². The number of benzene rings is 2. The Bertz CT molecular complexity index is 1000. The Morgan fingerprint density at radius 3 is 2.83 bits per heavy atom. The second-order valence-electron chi connectivity index (χ2n) is 6.41. The van der Waals surface area contributed by atoms with Gasteiger partial charge in [0, 0.05) is 29.6 Å². The molecule has 0 amide bonds. The largest absolute Gasteiger partial charge is 0.309 e. The smallest absolute Gasteiger partial charge is 0.195 e. The fraction of sp³-hybridized carbons (Fsp3) is 0.250. The fourth-order valence-corrected chi connectivity index (χ4v) is 5.05. The van der Waals surface area contributed by atoms with Gasteiger partial charge in [0.05, 0.1) is 11.0 Å². The molecule has 2 aromatic carbocycles. The molecule has 4 aromatic rings. The molecule has 1 unspecified atom stereocenters. The van der Waals surface area contributed by atoms with Crippen LogP contribution in [0.4, 0.5) is 0 Å². The van der Waals surface area contributed by atoms with Crippen LogP contribution in [0.3, 0.4) is 0 Å². The van der Waals surface area contributed by atoms with Gasteiger partial charge in [-0.25, -0.2) is 4.98 Å². The summed E-state index contributed by atoms with van der Waals surface area (Å²) >= 11 is 1.86. The number of nitrogens with one attached hydrogen (secondary N) is 1. The lowest BCUT2D eigenvalue weighted by molar-refractivity contribution is 0.478. The number of fused-ring (bicyclic) bond motifs is 5. The predicted molar refractivity (Wildman–Crippen MR) is 99.8 cm³/mol. The van der Waals surface area contributed by atoms with Crippen LogP contribution in [-0.2, 0) is 12.8 Å². The molecule has 0 bridgehead atoms. The first-order valence-corrected chi connectivity index (χ1v) is 9.38. The van der Waals surface area contributed by atoms with Crippen molar-refractivity contribution in [3.8, 4) is 0 Å². The van der Waals surface area contributed by atoms with Crippen LogP contribution in [0.5, 0.6) is 0 Å². The van der Waals surface area contributed by atoms with E-state index in [1.54, 1.807) is 0 Å². The second-order valence-corrected chi connectivity index (χ2v) is 7.42. The van der Waals surface area contributed by atoms with E-state index in [-0.39, 0.29) is 0 Å². The van der Waals surface area contributed by atoms with Crippen molar-refractivity contribution in [2.45, 2.75) is 25.3 Å². The van der Waals surface area contributed by atoms with Crippen LogP contribution in [-0.4, -0.2) is 15.9 Å². The summed E-state index contributed by atoms with van der Waals surface area (Å²) in [5.41, 5.74) is 5.22. The van der Waals surface area contributed by atoms with Crippen LogP contribution in [0.25, 0.3) is 16.0 Å². The number of nitrogens with zero attached hydrogens (tertiary/aromatic N) is 2. The van der Waals surface area contributed by atoms with Crippen LogP contribution < -0.4 is 5.32 Å². The van der Waals surface area contributed by atoms with Crippen molar-refractivity contribution in [3.63, 3.8) is 0 Å². The van der Waals surface area contributed by atoms with Crippen molar-refractivity contribution in [3.05, 3.63) is 70.7 Å². The fourth-order valence-electron chi connectivity index (χ4n) is 3.75. The average Bonchev–Trinajstić information content (AvgIpc) is 3.17. The van der Waals surface area contributed by atoms with Crippen molar-refractivity contribution in [1.82, 2.24) is 14.7 Å². The summed E-state index contributed by atoms with van der Waals surface area (Å²) < 4.78 is 2.38. The van der Waals surface area contributed by atoms with E-state index in [2.05, 4.69) is 64.3 Å². The first-order chi connectivity index (χ1) is 11.9. The summed E-state index contributed by atoms with van der Waals surface area (Å²) in [6.45, 7) is 1.05. The van der Waals surface area contributed by atoms with Gasteiger partial charge in [-0.1, -0.05) is 53.8 Å². The maximum absolute atomic E-state index is 4.83. The van der Waals surface area contributed by atoms with Gasteiger partial charge in [-0.2, -0.15) is 0 Å². The molecule has 1 aliphatic rings. The SMILES string of the molecule is c1ccc(CCC2NCCc3c2sc2nc4ccccc4n32)cc1. The Balaban J connectivity index is 1.52. The van der Waals surface area contributed by atoms with Gasteiger partial charge in [0.25, 0.3) is 0 Å². The molecular formula is C20H19N3S. The molecule has 3 heterocycles. The lowest BCUT2D eigenvalue weighted by Crippen LogP contribution is -2.29. The zero-order valence-electron chi connectivity index (χ0n) is 13.4. The number of hydrogen-bond acceptors (Lipinski definition) is 3. The molecule has 0 aliphatic carbocycles. The molecule has 0 saturated carbocycles. The summed E-state index contributed by atoms with van der Waals surface area (Å²) in [5.74, 6) is 0. The minimum absolute atomic E-state index is 0.444. The van der Waals surface area contributed by atoms with Gasteiger partial charge in [0.1, 0.15) is 0 Å². The van der Waals surface area contributed by atoms with E-state index in [0.717, 1.165) is 36.3 Å². The summed E-state index contributed by atoms with van der Waals surface area (Å²) in [7, 11) is 0. The van der Waals surface area contributed by atoms with Crippen molar-refractivity contribution >= 4 is 27.3 Å². The third-order valence-corrected chi connectivity index (χ3v) is 6.12. The number of para-hydroxylation sites is 2. The molecule has 1 atom stereocenters. The lowest BCUT2D eigenvalue weighted by atomic mass is 10.00. The molecule has 2 aromatic heterocycles. The highest BCUT2D eigenvalue weighted by Crippen LogP contribution is 2.36. The molecule has 4 heteroatoms. The lowest BCUT2D eigenvalue weighted by Gasteiger charge is -2.24. The average molecular weight is 333 g/mol. The minimum atomic E-state index is 0.444. The van der Waals surface area contributed by atoms with E-state index in [1.165, 1.54) is 21.7 Å². The third kappa shape index (κ3) is 2.26. The third-order valence-electron chi connectivity index (χ3n) is 4.92. The van der Waals surface area contributed by atoms with Crippen LogP contribution in [0.1, 0.15) is 28.6 Å². The Morgan fingerprint density at radius 1 is 1.08 bits per heavy atom. The first-order valence-electron chi connectivity index (χ1n) is 8.56. The molecule has 5 rings (SSSR count). The molecule has 1 N–H and O–H groups in total. The summed E-state index contributed by atoms with van der Waals surface area (Å²) in [4.78, 5) is 7.44. The maximum Gasteiger partial charge on any atom is 0.195 e. The molecule has 1 aliphatic heterocycles. The Labute approximate surface area is 145 Å². The highest BCUT2D eigenvalue weighted by molar-refractivity contribution is 7.17. The topological polar surface area (TPSA) is 29.3 Å². The normalized spacial score (nSPS) is 17.4. The van der Waals surface area contributed by atoms with Gasteiger partial charge in [-0.05, 0) is 30.5 Å². The number of aryl methyl sites for hydroxylation is 1. The monoisotopic (exact) mass is 333 g/mol. The molecule has 0 fully saturated rings. The Hall–Kier alpha value is -2.17. The molecular weight excluding hydrogens is 314 g/mol. The van der Waals surface area contributed by atoms with E-state index in [9.17, 15) is 0 Å². The second kappa shape index (κ2) is 5.72. The highest BCUT2D eigenvalue weighted by Gasteiger charge is 2.26. The Morgan fingerprint density at radius 2 is 1.92 bits per heavy atom. The number of thiazole rings is 1. The standard InChI is InChI=1S/C20H19N3S/c1-2-6-14(7-3-1)10-11-16-19-18(12-13-21-16)23-17-9-5-4-8-15(17)22-20(23)24-19/h1-9,16,21H,10-13H2. The highest BCUT2D eigenvalue weighted by atomic mass is 32.1. The van der Waals surface area contributed by atoms with Crippen molar-refractivity contribution < 1.29 is 0 Å². The first kappa shape index (κ1) is 14.2. The number of rotatable bonds is 3. The summed E-state index contributed by atoms with van der Waals surface area (Å²) in [5, 5.41) is 3.71. The van der Waals surface area contributed by atoms with Crippen molar-refractivity contribution in [2.75, 3.05) is 6.54 Å². The van der Waals surface area contributed by atoms with Crippen molar-refractivity contribution in [1.29, 1.82) is 0 Å². The van der Waals surface area contributed by atoms with Crippen LogP contribution in [0.2, 0.25) is 0 Å². The molecule has 120 valence electrons. The number of imidazole rings is 1. The predicted octanol–water partition coefficient (Wildman–Crippen LogP) is 4.37. The van der Waals surface area contributed by atoms with E-state index in [1.807, 2.05) is 11.3 Å². The molecule has 24 heavy (non-hydrogen) atoms. The van der Waals surface area contributed by atoms with E-state index >= 15 is 0 Å². The summed E-state index contributed by atoms with van der Waals surface area (Å²) in [6.07, 6.45) is 3.33. The van der Waals surface area contributed by atoms with E-state index in [4.69, 9.17) is 4.98 Å². The Kier molecular flexibility index (Phi) is 3.39. The number of hydrogen-bond donors (Lipinski definition) is 1. The summed E-state index contributed by atoms with van der Waals surface area (Å²) in [6, 6.07) is 19.7. The molecule has 0 spiro atoms. The quantitative estimate of drug-likeness (QED) is 0.603. The van der Waals surface area contributed by atoms with Gasteiger partial charge in [-0.15, -0.1) is 0 Å². The van der Waals surface area contributed by atoms with Crippen LogP contribution in [0, 0.1) is 0 Å². The maximum atomic E-state index is 4.83. The van der Waals surface area contributed by atoms with Gasteiger partial charge in [0.2, 0.25) is 0 Å². The number of aromatic nitrogens is 2. The molecule has 0 radical (unpaired) electrons. The van der Waals surface area contributed by atoms with Crippen LogP contribution in [0.15, 0.2) is 54.6 Å². The zero-order chi connectivity index (χ0) is 15.9. The van der Waals surface area contributed by atoms with E-state index < -0.39 is 0 Å². The van der Waals surface area contributed by atoms with E-state index in [0.29, 0.717) is 6.04 Å². The van der Waals surface area contributed by atoms with Gasteiger partial charge >= 0.3 is 0 Å².